The number of nitrogens with one attached hydrogen (secondary N) is 1. The van der Waals surface area contributed by atoms with Crippen molar-refractivity contribution in [1.82, 2.24) is 19.9 Å². The van der Waals surface area contributed by atoms with E-state index in [4.69, 9.17) is 14.2 Å². The van der Waals surface area contributed by atoms with Crippen LogP contribution >= 0.6 is 0 Å². The summed E-state index contributed by atoms with van der Waals surface area (Å²) < 4.78 is 18.3. The third-order valence-corrected chi connectivity index (χ3v) is 4.12. The minimum atomic E-state index is -0.230. The van der Waals surface area contributed by atoms with Crippen LogP contribution in [-0.4, -0.2) is 40.8 Å². The number of hydrogen-bond donors (Lipinski definition) is 1. The maximum Gasteiger partial charge on any atom is 0.251 e. The second-order valence-electron chi connectivity index (χ2n) is 5.88. The Morgan fingerprint density at radius 1 is 1.26 bits per heavy atom. The molecule has 8 nitrogen and oxygen atoms in total. The fourth-order valence-electron chi connectivity index (χ4n) is 2.79. The van der Waals surface area contributed by atoms with Gasteiger partial charge in [-0.05, 0) is 29.8 Å². The normalized spacial score (nSPS) is 12.5. The Bertz CT molecular complexity index is 939. The molecule has 4 rings (SSSR count). The van der Waals surface area contributed by atoms with Crippen LogP contribution in [0.15, 0.2) is 49.2 Å². The molecule has 3 aromatic rings. The second-order valence-corrected chi connectivity index (χ2v) is 5.88. The maximum atomic E-state index is 12.6. The first-order valence-electron chi connectivity index (χ1n) is 8.43. The van der Waals surface area contributed by atoms with E-state index in [1.807, 2.05) is 18.3 Å². The van der Waals surface area contributed by atoms with Gasteiger partial charge in [0.05, 0.1) is 7.11 Å². The Labute approximate surface area is 155 Å². The summed E-state index contributed by atoms with van der Waals surface area (Å²) in [6.45, 7) is 1.26. The molecule has 138 valence electrons. The van der Waals surface area contributed by atoms with Gasteiger partial charge < -0.3 is 19.5 Å². The fraction of sp³-hybridized carbons (Fsp3) is 0.211. The molecule has 1 aliphatic rings. The molecule has 8 heteroatoms. The Hall–Kier alpha value is -3.55. The zero-order chi connectivity index (χ0) is 18.6. The molecule has 0 fully saturated rings. The van der Waals surface area contributed by atoms with E-state index < -0.39 is 0 Å². The van der Waals surface area contributed by atoms with E-state index in [-0.39, 0.29) is 5.91 Å². The van der Waals surface area contributed by atoms with Crippen LogP contribution in [-0.2, 0) is 6.54 Å². The molecular formula is C19H18N4O4. The highest BCUT2D eigenvalue weighted by Gasteiger charge is 2.20. The zero-order valence-electron chi connectivity index (χ0n) is 14.7. The number of carbonyl (C=O) groups is 1. The molecule has 2 aromatic heterocycles. The number of imidazole rings is 1. The number of hydrogen-bond acceptors (Lipinski definition) is 6. The SMILES string of the molecule is COc1cc(C(=O)NCc2ccnc(-n3ccnc3)c2)cc2c1OCCO2. The zero-order valence-corrected chi connectivity index (χ0v) is 14.7. The molecule has 1 aliphatic heterocycles. The van der Waals surface area contributed by atoms with Gasteiger partial charge in [-0.2, -0.15) is 0 Å². The average Bonchev–Trinajstić information content (AvgIpc) is 3.26. The van der Waals surface area contributed by atoms with E-state index in [1.165, 1.54) is 7.11 Å². The molecule has 0 unspecified atom stereocenters. The van der Waals surface area contributed by atoms with Gasteiger partial charge >= 0.3 is 0 Å². The number of nitrogens with zero attached hydrogens (tertiary/aromatic N) is 3. The Morgan fingerprint density at radius 3 is 2.96 bits per heavy atom. The van der Waals surface area contributed by atoms with E-state index >= 15 is 0 Å². The number of ether oxygens (including phenoxy) is 3. The summed E-state index contributed by atoms with van der Waals surface area (Å²) in [7, 11) is 1.53. The molecule has 0 spiro atoms. The Morgan fingerprint density at radius 2 is 2.15 bits per heavy atom. The highest BCUT2D eigenvalue weighted by atomic mass is 16.6. The van der Waals surface area contributed by atoms with Gasteiger partial charge in [-0.15, -0.1) is 0 Å². The van der Waals surface area contributed by atoms with E-state index in [2.05, 4.69) is 15.3 Å². The molecule has 1 amide bonds. The van der Waals surface area contributed by atoms with E-state index in [9.17, 15) is 4.79 Å². The monoisotopic (exact) mass is 366 g/mol. The molecule has 0 atom stereocenters. The third-order valence-electron chi connectivity index (χ3n) is 4.12. The van der Waals surface area contributed by atoms with Crippen LogP contribution in [0, 0.1) is 0 Å². The van der Waals surface area contributed by atoms with Crippen LogP contribution in [0.1, 0.15) is 15.9 Å². The van der Waals surface area contributed by atoms with Crippen molar-refractivity contribution in [2.75, 3.05) is 20.3 Å². The van der Waals surface area contributed by atoms with E-state index in [0.717, 1.165) is 11.4 Å². The van der Waals surface area contributed by atoms with Gasteiger partial charge in [-0.25, -0.2) is 9.97 Å². The number of pyridine rings is 1. The Kier molecular flexibility index (Phi) is 4.61. The molecule has 0 radical (unpaired) electrons. The third kappa shape index (κ3) is 3.55. The summed E-state index contributed by atoms with van der Waals surface area (Å²) >= 11 is 0. The summed E-state index contributed by atoms with van der Waals surface area (Å²) in [4.78, 5) is 20.9. The predicted octanol–water partition coefficient (Wildman–Crippen LogP) is 1.98. The number of rotatable bonds is 5. The van der Waals surface area contributed by atoms with Crippen molar-refractivity contribution >= 4 is 5.91 Å². The summed E-state index contributed by atoms with van der Waals surface area (Å²) in [6, 6.07) is 7.06. The molecule has 27 heavy (non-hydrogen) atoms. The molecule has 1 N–H and O–H groups in total. The van der Waals surface area contributed by atoms with Crippen molar-refractivity contribution in [3.05, 3.63) is 60.3 Å². The van der Waals surface area contributed by atoms with Gasteiger partial charge in [0.2, 0.25) is 5.75 Å². The lowest BCUT2D eigenvalue weighted by atomic mass is 10.1. The summed E-state index contributed by atoms with van der Waals surface area (Å²) in [5, 5.41) is 2.90. The van der Waals surface area contributed by atoms with Gasteiger partial charge in [0, 0.05) is 30.7 Å². The fourth-order valence-corrected chi connectivity index (χ4v) is 2.79. The lowest BCUT2D eigenvalue weighted by Gasteiger charge is -2.21. The first-order valence-corrected chi connectivity index (χ1v) is 8.43. The average molecular weight is 366 g/mol. The maximum absolute atomic E-state index is 12.6. The van der Waals surface area contributed by atoms with Gasteiger partial charge in [0.25, 0.3) is 5.91 Å². The summed E-state index contributed by atoms with van der Waals surface area (Å²) in [6.07, 6.45) is 6.87. The number of amides is 1. The largest absolute Gasteiger partial charge is 0.493 e. The molecular weight excluding hydrogens is 348 g/mol. The quantitative estimate of drug-likeness (QED) is 0.743. The topological polar surface area (TPSA) is 87.5 Å². The van der Waals surface area contributed by atoms with Crippen LogP contribution in [0.3, 0.4) is 0 Å². The Balaban J connectivity index is 1.49. The molecule has 0 saturated heterocycles. The number of methoxy groups -OCH3 is 1. The van der Waals surface area contributed by atoms with Crippen molar-refractivity contribution in [3.8, 4) is 23.1 Å². The molecule has 3 heterocycles. The standard InChI is InChI=1S/C19H18N4O4/c1-25-15-9-14(10-16-18(15)27-7-6-26-16)19(24)22-11-13-2-3-21-17(8-13)23-5-4-20-12-23/h2-5,8-10,12H,6-7,11H2,1H3,(H,22,24). The number of carbonyl (C=O) groups excluding carboxylic acids is 1. The van der Waals surface area contributed by atoms with Crippen LogP contribution in [0.4, 0.5) is 0 Å². The number of aromatic nitrogens is 3. The first-order chi connectivity index (χ1) is 13.2. The highest BCUT2D eigenvalue weighted by Crippen LogP contribution is 2.40. The van der Waals surface area contributed by atoms with Crippen LogP contribution in [0.2, 0.25) is 0 Å². The predicted molar refractivity (Wildman–Crippen MR) is 96.5 cm³/mol. The number of benzene rings is 1. The first kappa shape index (κ1) is 16.9. The second kappa shape index (κ2) is 7.36. The van der Waals surface area contributed by atoms with Crippen molar-refractivity contribution in [2.45, 2.75) is 6.54 Å². The van der Waals surface area contributed by atoms with Crippen LogP contribution < -0.4 is 19.5 Å². The molecule has 0 aliphatic carbocycles. The molecule has 1 aromatic carbocycles. The van der Waals surface area contributed by atoms with Gasteiger partial charge in [-0.1, -0.05) is 0 Å². The van der Waals surface area contributed by atoms with Crippen molar-refractivity contribution in [3.63, 3.8) is 0 Å². The smallest absolute Gasteiger partial charge is 0.251 e. The van der Waals surface area contributed by atoms with E-state index in [1.54, 1.807) is 35.4 Å². The highest BCUT2D eigenvalue weighted by molar-refractivity contribution is 5.95. The van der Waals surface area contributed by atoms with Crippen molar-refractivity contribution in [2.24, 2.45) is 0 Å². The summed E-state index contributed by atoms with van der Waals surface area (Å²) in [5.41, 5.74) is 1.37. The van der Waals surface area contributed by atoms with Crippen molar-refractivity contribution < 1.29 is 19.0 Å². The molecule has 0 saturated carbocycles. The minimum absolute atomic E-state index is 0.230. The van der Waals surface area contributed by atoms with Crippen LogP contribution in [0.25, 0.3) is 5.82 Å². The van der Waals surface area contributed by atoms with Gasteiger partial charge in [0.15, 0.2) is 11.5 Å². The molecule has 0 bridgehead atoms. The lowest BCUT2D eigenvalue weighted by Crippen LogP contribution is -2.24. The summed E-state index contributed by atoms with van der Waals surface area (Å²) in [5.74, 6) is 2.02. The van der Waals surface area contributed by atoms with E-state index in [0.29, 0.717) is 42.6 Å². The van der Waals surface area contributed by atoms with Crippen molar-refractivity contribution in [1.29, 1.82) is 0 Å². The van der Waals surface area contributed by atoms with Crippen LogP contribution in [0.5, 0.6) is 17.2 Å². The van der Waals surface area contributed by atoms with Gasteiger partial charge in [0.1, 0.15) is 25.4 Å². The van der Waals surface area contributed by atoms with Gasteiger partial charge in [-0.3, -0.25) is 9.36 Å². The lowest BCUT2D eigenvalue weighted by molar-refractivity contribution is 0.0949. The minimum Gasteiger partial charge on any atom is -0.493 e. The number of fused-ring (bicyclic) bond motifs is 1.